The van der Waals surface area contributed by atoms with Crippen LogP contribution in [0.1, 0.15) is 79.8 Å². The number of imidazole rings is 1. The van der Waals surface area contributed by atoms with Gasteiger partial charge in [0.05, 0.1) is 35.2 Å². The van der Waals surface area contributed by atoms with Gasteiger partial charge in [-0.1, -0.05) is 0 Å². The van der Waals surface area contributed by atoms with Crippen LogP contribution in [0.3, 0.4) is 0 Å². The molecule has 6 rings (SSSR count). The number of amides is 2. The average Bonchev–Trinajstić information content (AvgIpc) is 3.71. The standard InChI is InChI=1S/C32H41F5N8O3/c1-3-44-25(6-11-39-44)30(47)41-28(19-4-9-31(33,34)10-5-19)24-18-45-27(40-24)16-26(43(2)22-7-12-48-13-8-22)23(42-45)15-20-14-21(32(35,36)37)17-38-29(20)46/h6,11,16,18-22,28H,3-5,7-10,12-15,17H2,1-2H3,(H,38,46)(H,41,47)/t20?,21-,28?/m1/s1. The molecule has 1 aliphatic carbocycles. The molecule has 2 saturated heterocycles. The SMILES string of the molecule is CCn1nccc1C(=O)NC(c1cn2nc(CC3C[C@@H](C(F)(F)F)CNC3=O)c(N(C)C3CCOCC3)cc2n1)C1CCC(F)(F)CC1. The Morgan fingerprint density at radius 3 is 2.62 bits per heavy atom. The molecule has 11 nitrogen and oxygen atoms in total. The van der Waals surface area contributed by atoms with Gasteiger partial charge in [-0.15, -0.1) is 0 Å². The van der Waals surface area contributed by atoms with E-state index in [-0.39, 0.29) is 50.5 Å². The molecular formula is C32H41F5N8O3. The molecule has 5 heterocycles. The number of carbonyl (C=O) groups excluding carboxylic acids is 2. The molecule has 3 aromatic rings. The maximum atomic E-state index is 14.2. The molecule has 2 amide bonds. The van der Waals surface area contributed by atoms with Gasteiger partial charge in [0.1, 0.15) is 5.69 Å². The molecule has 1 saturated carbocycles. The molecule has 16 heteroatoms. The van der Waals surface area contributed by atoms with Gasteiger partial charge in [0.15, 0.2) is 5.65 Å². The number of nitrogens with zero attached hydrogens (tertiary/aromatic N) is 6. The third-order valence-corrected chi connectivity index (χ3v) is 10.1. The summed E-state index contributed by atoms with van der Waals surface area (Å²) >= 11 is 0. The van der Waals surface area contributed by atoms with E-state index in [2.05, 4.69) is 15.7 Å². The minimum atomic E-state index is -4.44. The van der Waals surface area contributed by atoms with E-state index >= 15 is 0 Å². The summed E-state index contributed by atoms with van der Waals surface area (Å²) in [6, 6.07) is 2.74. The second kappa shape index (κ2) is 13.6. The smallest absolute Gasteiger partial charge is 0.381 e. The highest BCUT2D eigenvalue weighted by molar-refractivity contribution is 5.92. The summed E-state index contributed by atoms with van der Waals surface area (Å²) in [5.74, 6) is -6.57. The first kappa shape index (κ1) is 34.1. The Kier molecular flexibility index (Phi) is 9.64. The minimum absolute atomic E-state index is 0.0242. The predicted octanol–water partition coefficient (Wildman–Crippen LogP) is 4.71. The van der Waals surface area contributed by atoms with Crippen molar-refractivity contribution in [2.24, 2.45) is 17.8 Å². The summed E-state index contributed by atoms with van der Waals surface area (Å²) in [7, 11) is 1.89. The molecule has 0 radical (unpaired) electrons. The lowest BCUT2D eigenvalue weighted by Gasteiger charge is -2.35. The summed E-state index contributed by atoms with van der Waals surface area (Å²) in [5, 5.41) is 14.4. The zero-order chi connectivity index (χ0) is 34.2. The van der Waals surface area contributed by atoms with E-state index in [1.807, 2.05) is 18.9 Å². The van der Waals surface area contributed by atoms with Crippen LogP contribution in [0.15, 0.2) is 24.5 Å². The second-order valence-corrected chi connectivity index (χ2v) is 13.2. The van der Waals surface area contributed by atoms with Crippen molar-refractivity contribution in [1.29, 1.82) is 0 Å². The van der Waals surface area contributed by atoms with Crippen molar-refractivity contribution in [2.75, 3.05) is 31.7 Å². The first-order valence-corrected chi connectivity index (χ1v) is 16.6. The van der Waals surface area contributed by atoms with Crippen LogP contribution in [-0.2, 0) is 22.5 Å². The van der Waals surface area contributed by atoms with Crippen LogP contribution in [0.25, 0.3) is 5.65 Å². The lowest BCUT2D eigenvalue weighted by atomic mass is 9.81. The second-order valence-electron chi connectivity index (χ2n) is 13.2. The third kappa shape index (κ3) is 7.27. The molecule has 2 N–H and O–H groups in total. The Bertz CT molecular complexity index is 1610. The number of rotatable bonds is 9. The zero-order valence-electron chi connectivity index (χ0n) is 27.0. The van der Waals surface area contributed by atoms with Gasteiger partial charge in [-0.3, -0.25) is 14.3 Å². The number of hydrogen-bond donors (Lipinski definition) is 2. The molecule has 3 aliphatic rings. The van der Waals surface area contributed by atoms with Gasteiger partial charge >= 0.3 is 6.18 Å². The van der Waals surface area contributed by atoms with Crippen molar-refractivity contribution < 1.29 is 36.3 Å². The highest BCUT2D eigenvalue weighted by Gasteiger charge is 2.45. The number of aromatic nitrogens is 5. The first-order valence-electron chi connectivity index (χ1n) is 16.6. The number of aryl methyl sites for hydroxylation is 1. The molecule has 3 aromatic heterocycles. The van der Waals surface area contributed by atoms with Gasteiger partial charge in [0.25, 0.3) is 5.91 Å². The van der Waals surface area contributed by atoms with Gasteiger partial charge in [-0.2, -0.15) is 23.4 Å². The number of fused-ring (bicyclic) bond motifs is 1. The Morgan fingerprint density at radius 2 is 1.94 bits per heavy atom. The number of nitrogens with one attached hydrogen (secondary N) is 2. The van der Waals surface area contributed by atoms with Gasteiger partial charge in [0.2, 0.25) is 11.8 Å². The molecular weight excluding hydrogens is 639 g/mol. The van der Waals surface area contributed by atoms with Crippen LogP contribution in [-0.4, -0.2) is 81.1 Å². The third-order valence-electron chi connectivity index (χ3n) is 10.1. The molecule has 2 aliphatic heterocycles. The summed E-state index contributed by atoms with van der Waals surface area (Å²) in [6.45, 7) is 2.98. The zero-order valence-corrected chi connectivity index (χ0v) is 27.0. The number of anilines is 1. The van der Waals surface area contributed by atoms with E-state index in [4.69, 9.17) is 14.8 Å². The Labute approximate surface area is 274 Å². The van der Waals surface area contributed by atoms with Crippen molar-refractivity contribution in [2.45, 2.75) is 89.0 Å². The van der Waals surface area contributed by atoms with E-state index in [0.29, 0.717) is 48.2 Å². The number of carbonyl (C=O) groups is 2. The Balaban J connectivity index is 1.37. The van der Waals surface area contributed by atoms with E-state index in [1.165, 1.54) is 10.7 Å². The van der Waals surface area contributed by atoms with Crippen molar-refractivity contribution in [3.63, 3.8) is 0 Å². The molecule has 3 atom stereocenters. The fraction of sp³-hybridized carbons (Fsp3) is 0.656. The van der Waals surface area contributed by atoms with E-state index in [0.717, 1.165) is 12.8 Å². The van der Waals surface area contributed by atoms with Crippen LogP contribution in [0, 0.1) is 17.8 Å². The molecule has 0 aromatic carbocycles. The van der Waals surface area contributed by atoms with E-state index in [9.17, 15) is 31.5 Å². The number of halogens is 5. The predicted molar refractivity (Wildman–Crippen MR) is 165 cm³/mol. The van der Waals surface area contributed by atoms with Crippen LogP contribution < -0.4 is 15.5 Å². The fourth-order valence-electron chi connectivity index (χ4n) is 7.22. The molecule has 262 valence electrons. The number of ether oxygens (including phenoxy) is 1. The highest BCUT2D eigenvalue weighted by atomic mass is 19.4. The summed E-state index contributed by atoms with van der Waals surface area (Å²) in [6.07, 6.45) is -0.477. The molecule has 2 unspecified atom stereocenters. The number of piperidine rings is 1. The normalized spacial score (nSPS) is 23.2. The van der Waals surface area contributed by atoms with Gasteiger partial charge in [-0.25, -0.2) is 18.3 Å². The maximum absolute atomic E-state index is 14.2. The highest BCUT2D eigenvalue weighted by Crippen LogP contribution is 2.42. The molecule has 48 heavy (non-hydrogen) atoms. The van der Waals surface area contributed by atoms with Crippen molar-refractivity contribution >= 4 is 23.1 Å². The van der Waals surface area contributed by atoms with Crippen LogP contribution in [0.4, 0.5) is 27.6 Å². The van der Waals surface area contributed by atoms with Crippen molar-refractivity contribution in [1.82, 2.24) is 35.0 Å². The van der Waals surface area contributed by atoms with Gasteiger partial charge in [0, 0.05) is 76.8 Å². The Hall–Kier alpha value is -3.82. The fourth-order valence-corrected chi connectivity index (χ4v) is 7.22. The summed E-state index contributed by atoms with van der Waals surface area (Å²) in [5.41, 5.74) is 2.25. The topological polar surface area (TPSA) is 119 Å². The minimum Gasteiger partial charge on any atom is -0.381 e. The van der Waals surface area contributed by atoms with Crippen LogP contribution >= 0.6 is 0 Å². The van der Waals surface area contributed by atoms with Crippen LogP contribution in [0.2, 0.25) is 0 Å². The van der Waals surface area contributed by atoms with Crippen molar-refractivity contribution in [3.8, 4) is 0 Å². The molecule has 3 fully saturated rings. The quantitative estimate of drug-likeness (QED) is 0.314. The van der Waals surface area contributed by atoms with Crippen molar-refractivity contribution in [3.05, 3.63) is 41.6 Å². The largest absolute Gasteiger partial charge is 0.393 e. The monoisotopic (exact) mass is 680 g/mol. The van der Waals surface area contributed by atoms with Gasteiger partial charge in [-0.05, 0) is 51.0 Å². The van der Waals surface area contributed by atoms with Crippen LogP contribution in [0.5, 0.6) is 0 Å². The first-order chi connectivity index (χ1) is 22.8. The summed E-state index contributed by atoms with van der Waals surface area (Å²) < 4.78 is 77.9. The molecule has 0 spiro atoms. The molecule has 0 bridgehead atoms. The van der Waals surface area contributed by atoms with Gasteiger partial charge < -0.3 is 20.3 Å². The van der Waals surface area contributed by atoms with E-state index in [1.54, 1.807) is 23.0 Å². The Morgan fingerprint density at radius 1 is 1.21 bits per heavy atom. The lowest BCUT2D eigenvalue weighted by Crippen LogP contribution is -2.47. The average molecular weight is 681 g/mol. The van der Waals surface area contributed by atoms with E-state index < -0.39 is 48.3 Å². The number of hydrogen-bond acceptors (Lipinski definition) is 7. The number of alkyl halides is 5. The lowest BCUT2D eigenvalue weighted by molar-refractivity contribution is -0.183. The maximum Gasteiger partial charge on any atom is 0.393 e. The summed E-state index contributed by atoms with van der Waals surface area (Å²) in [4.78, 5) is 33.2.